The van der Waals surface area contributed by atoms with E-state index in [1.165, 1.54) is 5.56 Å². The van der Waals surface area contributed by atoms with Crippen LogP contribution in [0.3, 0.4) is 0 Å². The van der Waals surface area contributed by atoms with Crippen LogP contribution < -0.4 is 5.56 Å². The van der Waals surface area contributed by atoms with Gasteiger partial charge in [-0.3, -0.25) is 19.6 Å². The molecule has 2 aliphatic heterocycles. The summed E-state index contributed by atoms with van der Waals surface area (Å²) in [7, 11) is 0. The Morgan fingerprint density at radius 2 is 1.94 bits per heavy atom. The number of benzene rings is 1. The molecule has 0 aliphatic carbocycles. The van der Waals surface area contributed by atoms with Gasteiger partial charge in [-0.1, -0.05) is 37.3 Å². The number of aromatic nitrogens is 3. The zero-order chi connectivity index (χ0) is 22.1. The van der Waals surface area contributed by atoms with Crippen LogP contribution in [0.25, 0.3) is 5.65 Å². The van der Waals surface area contributed by atoms with Crippen LogP contribution in [-0.4, -0.2) is 49.9 Å². The van der Waals surface area contributed by atoms with E-state index < -0.39 is 0 Å². The maximum Gasteiger partial charge on any atom is 0.277 e. The fourth-order valence-electron chi connectivity index (χ4n) is 5.04. The zero-order valence-corrected chi connectivity index (χ0v) is 18.7. The second-order valence-electron chi connectivity index (χ2n) is 9.10. The highest BCUT2D eigenvalue weighted by atomic mass is 16.2. The summed E-state index contributed by atoms with van der Waals surface area (Å²) in [6.45, 7) is 6.09. The summed E-state index contributed by atoms with van der Waals surface area (Å²) >= 11 is 0. The standard InChI is InChI=1S/C25H31N5O2/c1-2-6-24(31)29-14-11-21-20(17-29)25(32)30-23(26-21)15-22(27-30)19-9-12-28(13-10-19)16-18-7-4-3-5-8-18/h3-5,7-8,15,19,27H,2,6,9-14,16-17H2,1H3. The molecule has 0 unspecified atom stereocenters. The molecule has 5 rings (SSSR count). The molecule has 32 heavy (non-hydrogen) atoms. The quantitative estimate of drug-likeness (QED) is 0.671. The summed E-state index contributed by atoms with van der Waals surface area (Å²) in [6.07, 6.45) is 4.13. The average molecular weight is 434 g/mol. The van der Waals surface area contributed by atoms with E-state index in [2.05, 4.69) is 40.3 Å². The van der Waals surface area contributed by atoms with Crippen LogP contribution in [0, 0.1) is 0 Å². The van der Waals surface area contributed by atoms with Crippen LogP contribution in [0.15, 0.2) is 41.2 Å². The molecule has 0 atom stereocenters. The van der Waals surface area contributed by atoms with E-state index >= 15 is 0 Å². The van der Waals surface area contributed by atoms with Crippen LogP contribution in [-0.2, 0) is 24.3 Å². The molecule has 2 aromatic heterocycles. The van der Waals surface area contributed by atoms with Crippen molar-refractivity contribution in [1.82, 2.24) is 24.4 Å². The van der Waals surface area contributed by atoms with Gasteiger partial charge in [0.15, 0.2) is 5.65 Å². The molecular weight excluding hydrogens is 402 g/mol. The Labute approximate surface area is 188 Å². The number of carbonyl (C=O) groups excluding carboxylic acids is 1. The van der Waals surface area contributed by atoms with Gasteiger partial charge in [-0.2, -0.15) is 0 Å². The summed E-state index contributed by atoms with van der Waals surface area (Å²) in [5.41, 5.74) is 4.58. The molecule has 4 heterocycles. The third kappa shape index (κ3) is 4.09. The predicted molar refractivity (Wildman–Crippen MR) is 124 cm³/mol. The highest BCUT2D eigenvalue weighted by Crippen LogP contribution is 2.28. The molecule has 1 fully saturated rings. The Hall–Kier alpha value is -2.93. The number of amides is 1. The van der Waals surface area contributed by atoms with Gasteiger partial charge in [-0.15, -0.1) is 0 Å². The lowest BCUT2D eigenvalue weighted by Gasteiger charge is -2.31. The van der Waals surface area contributed by atoms with Crippen molar-refractivity contribution in [2.24, 2.45) is 0 Å². The Bertz CT molecular complexity index is 1160. The lowest BCUT2D eigenvalue weighted by atomic mass is 9.93. The number of H-pyrrole nitrogens is 1. The van der Waals surface area contributed by atoms with Crippen molar-refractivity contribution in [1.29, 1.82) is 0 Å². The summed E-state index contributed by atoms with van der Waals surface area (Å²) in [5.74, 6) is 0.528. The first-order chi connectivity index (χ1) is 15.6. The molecule has 0 bridgehead atoms. The normalized spacial score (nSPS) is 17.6. The van der Waals surface area contributed by atoms with Crippen molar-refractivity contribution in [3.05, 3.63) is 69.3 Å². The monoisotopic (exact) mass is 433 g/mol. The van der Waals surface area contributed by atoms with Crippen molar-refractivity contribution in [2.75, 3.05) is 19.6 Å². The Balaban J connectivity index is 1.31. The molecular formula is C25H31N5O2. The molecule has 7 nitrogen and oxygen atoms in total. The number of fused-ring (bicyclic) bond motifs is 2. The summed E-state index contributed by atoms with van der Waals surface area (Å²) in [6, 6.07) is 12.7. The van der Waals surface area contributed by atoms with Gasteiger partial charge >= 0.3 is 0 Å². The van der Waals surface area contributed by atoms with E-state index in [1.54, 1.807) is 9.42 Å². The number of carbonyl (C=O) groups is 1. The van der Waals surface area contributed by atoms with Gasteiger partial charge < -0.3 is 4.90 Å². The molecule has 3 aromatic rings. The van der Waals surface area contributed by atoms with Crippen LogP contribution in [0.4, 0.5) is 0 Å². The SMILES string of the molecule is CCCC(=O)N1CCc2nc3cc(C4CCN(Cc5ccccc5)CC4)[nH]n3c(=O)c2C1. The predicted octanol–water partition coefficient (Wildman–Crippen LogP) is 3.09. The number of nitrogens with one attached hydrogen (secondary N) is 1. The lowest BCUT2D eigenvalue weighted by Crippen LogP contribution is -2.40. The van der Waals surface area contributed by atoms with Crippen molar-refractivity contribution in [3.8, 4) is 0 Å². The van der Waals surface area contributed by atoms with Gasteiger partial charge in [-0.05, 0) is 37.9 Å². The number of nitrogens with zero attached hydrogens (tertiary/aromatic N) is 4. The third-order valence-corrected chi connectivity index (χ3v) is 6.87. The van der Waals surface area contributed by atoms with Gasteiger partial charge in [0.05, 0.1) is 17.8 Å². The first kappa shape index (κ1) is 20.9. The summed E-state index contributed by atoms with van der Waals surface area (Å²) in [4.78, 5) is 34.6. The van der Waals surface area contributed by atoms with Crippen LogP contribution in [0.5, 0.6) is 0 Å². The minimum Gasteiger partial charge on any atom is -0.338 e. The van der Waals surface area contributed by atoms with Crippen LogP contribution >= 0.6 is 0 Å². The fraction of sp³-hybridized carbons (Fsp3) is 0.480. The van der Waals surface area contributed by atoms with E-state index in [0.29, 0.717) is 43.1 Å². The number of likely N-dealkylation sites (tertiary alicyclic amines) is 1. The number of aromatic amines is 1. The number of hydrogen-bond donors (Lipinski definition) is 1. The number of piperidine rings is 1. The van der Waals surface area contributed by atoms with Gasteiger partial charge in [0.2, 0.25) is 5.91 Å². The highest BCUT2D eigenvalue weighted by molar-refractivity contribution is 5.76. The second kappa shape index (κ2) is 8.90. The van der Waals surface area contributed by atoms with Gasteiger partial charge in [0.25, 0.3) is 5.56 Å². The van der Waals surface area contributed by atoms with Gasteiger partial charge in [0, 0.05) is 43.6 Å². The topological polar surface area (TPSA) is 73.7 Å². The zero-order valence-electron chi connectivity index (χ0n) is 18.7. The fourth-order valence-corrected chi connectivity index (χ4v) is 5.04. The highest BCUT2D eigenvalue weighted by Gasteiger charge is 2.27. The summed E-state index contributed by atoms with van der Waals surface area (Å²) < 4.78 is 1.58. The van der Waals surface area contributed by atoms with Crippen LogP contribution in [0.1, 0.15) is 61.0 Å². The van der Waals surface area contributed by atoms with Gasteiger partial charge in [0.1, 0.15) is 0 Å². The first-order valence-corrected chi connectivity index (χ1v) is 11.8. The number of rotatable bonds is 5. The molecule has 0 radical (unpaired) electrons. The Morgan fingerprint density at radius 1 is 1.16 bits per heavy atom. The van der Waals surface area contributed by atoms with E-state index in [1.807, 2.05) is 13.0 Å². The van der Waals surface area contributed by atoms with Crippen molar-refractivity contribution in [3.63, 3.8) is 0 Å². The molecule has 168 valence electrons. The third-order valence-electron chi connectivity index (χ3n) is 6.87. The number of hydrogen-bond acceptors (Lipinski definition) is 4. The summed E-state index contributed by atoms with van der Waals surface area (Å²) in [5, 5.41) is 3.34. The van der Waals surface area contributed by atoms with E-state index in [-0.39, 0.29) is 11.5 Å². The molecule has 1 saturated heterocycles. The molecule has 1 aromatic carbocycles. The Kier molecular flexibility index (Phi) is 5.83. The van der Waals surface area contributed by atoms with E-state index in [0.717, 1.165) is 50.3 Å². The van der Waals surface area contributed by atoms with Crippen molar-refractivity contribution >= 4 is 11.6 Å². The molecule has 1 amide bonds. The van der Waals surface area contributed by atoms with Crippen molar-refractivity contribution < 1.29 is 4.79 Å². The minimum atomic E-state index is -0.0632. The minimum absolute atomic E-state index is 0.0632. The first-order valence-electron chi connectivity index (χ1n) is 11.8. The molecule has 1 N–H and O–H groups in total. The Morgan fingerprint density at radius 3 is 2.69 bits per heavy atom. The largest absolute Gasteiger partial charge is 0.338 e. The smallest absolute Gasteiger partial charge is 0.277 e. The maximum absolute atomic E-state index is 13.2. The van der Waals surface area contributed by atoms with Crippen LogP contribution in [0.2, 0.25) is 0 Å². The molecule has 2 aliphatic rings. The molecule has 0 spiro atoms. The van der Waals surface area contributed by atoms with E-state index in [4.69, 9.17) is 4.98 Å². The van der Waals surface area contributed by atoms with Crippen molar-refractivity contribution in [2.45, 2.75) is 58.0 Å². The molecule has 7 heteroatoms. The maximum atomic E-state index is 13.2. The lowest BCUT2D eigenvalue weighted by molar-refractivity contribution is -0.132. The second-order valence-corrected chi connectivity index (χ2v) is 9.10. The van der Waals surface area contributed by atoms with E-state index in [9.17, 15) is 9.59 Å². The average Bonchev–Trinajstić information content (AvgIpc) is 3.25. The molecule has 0 saturated carbocycles. The van der Waals surface area contributed by atoms with Gasteiger partial charge in [-0.25, -0.2) is 9.50 Å².